The molecule has 0 saturated carbocycles. The first-order chi connectivity index (χ1) is 9.45. The third kappa shape index (κ3) is 5.84. The lowest BCUT2D eigenvalue weighted by Gasteiger charge is -2.20. The summed E-state index contributed by atoms with van der Waals surface area (Å²) in [6.45, 7) is -1.85. The van der Waals surface area contributed by atoms with Gasteiger partial charge < -0.3 is 27.2 Å². The maximum Gasteiger partial charge on any atom is 0.513 e. The second-order valence-electron chi connectivity index (χ2n) is 4.42. The Morgan fingerprint density at radius 1 is 1.05 bits per heavy atom. The normalized spacial score (nSPS) is 11.7. The highest BCUT2D eigenvalue weighted by atomic mass is 19.4. The van der Waals surface area contributed by atoms with Crippen molar-refractivity contribution in [2.24, 2.45) is 0 Å². The molecule has 0 bridgehead atoms. The quantitative estimate of drug-likeness (QED) is 0.517. The average molecular weight is 291 g/mol. The Bertz CT molecular complexity index is 410. The number of benzene rings is 1. The molecule has 3 nitrogen and oxygen atoms in total. The molecule has 1 rings (SSSR count). The Labute approximate surface area is 117 Å². The zero-order chi connectivity index (χ0) is 15.0. The fourth-order valence-electron chi connectivity index (χ4n) is 1.64. The SMILES string of the molecule is COCCOCCCOc1ccc(C)cc1[B-](F)(F)F. The fraction of sp³-hybridized carbons (Fsp3) is 0.538. The first kappa shape index (κ1) is 16.8. The van der Waals surface area contributed by atoms with Crippen LogP contribution in [0.2, 0.25) is 0 Å². The van der Waals surface area contributed by atoms with Crippen molar-refractivity contribution in [3.63, 3.8) is 0 Å². The van der Waals surface area contributed by atoms with Crippen LogP contribution >= 0.6 is 0 Å². The van der Waals surface area contributed by atoms with Gasteiger partial charge in [-0.05, 0) is 13.0 Å². The van der Waals surface area contributed by atoms with E-state index >= 15 is 0 Å². The summed E-state index contributed by atoms with van der Waals surface area (Å²) < 4.78 is 53.9. The lowest BCUT2D eigenvalue weighted by atomic mass is 9.78. The van der Waals surface area contributed by atoms with Gasteiger partial charge in [-0.3, -0.25) is 0 Å². The van der Waals surface area contributed by atoms with Crippen LogP contribution in [0.1, 0.15) is 12.0 Å². The van der Waals surface area contributed by atoms with Gasteiger partial charge in [0, 0.05) is 20.1 Å². The lowest BCUT2D eigenvalue weighted by Crippen LogP contribution is -2.35. The van der Waals surface area contributed by atoms with Crippen LogP contribution in [-0.2, 0) is 9.47 Å². The molecule has 20 heavy (non-hydrogen) atoms. The second kappa shape index (κ2) is 8.16. The predicted molar refractivity (Wildman–Crippen MR) is 72.7 cm³/mol. The van der Waals surface area contributed by atoms with E-state index in [9.17, 15) is 12.9 Å². The molecule has 1 aromatic carbocycles. The number of rotatable bonds is 9. The Balaban J connectivity index is 2.44. The van der Waals surface area contributed by atoms with Gasteiger partial charge in [0.05, 0.1) is 25.6 Å². The molecule has 0 radical (unpaired) electrons. The molecule has 0 spiro atoms. The van der Waals surface area contributed by atoms with Crippen LogP contribution in [0.5, 0.6) is 5.75 Å². The molecule has 0 N–H and O–H groups in total. The van der Waals surface area contributed by atoms with Gasteiger partial charge in [-0.1, -0.05) is 23.2 Å². The van der Waals surface area contributed by atoms with Gasteiger partial charge in [0.2, 0.25) is 0 Å². The number of aryl methyl sites for hydroxylation is 1. The van der Waals surface area contributed by atoms with Crippen LogP contribution in [0.3, 0.4) is 0 Å². The number of hydrogen-bond donors (Lipinski definition) is 0. The van der Waals surface area contributed by atoms with Crippen molar-refractivity contribution >= 4 is 12.4 Å². The zero-order valence-corrected chi connectivity index (χ0v) is 11.7. The summed E-state index contributed by atoms with van der Waals surface area (Å²) in [7, 11) is 1.57. The van der Waals surface area contributed by atoms with Crippen molar-refractivity contribution in [3.05, 3.63) is 23.8 Å². The van der Waals surface area contributed by atoms with Gasteiger partial charge in [0.1, 0.15) is 0 Å². The summed E-state index contributed by atoms with van der Waals surface area (Å²) in [5.74, 6) is -0.111. The molecule has 0 fully saturated rings. The molecule has 0 aliphatic carbocycles. The molecular formula is C13H19BF3O3-. The first-order valence-electron chi connectivity index (χ1n) is 6.45. The maximum atomic E-state index is 12.9. The Kier molecular flexibility index (Phi) is 6.88. The molecule has 0 aromatic heterocycles. The average Bonchev–Trinajstić information content (AvgIpc) is 2.38. The molecule has 0 amide bonds. The predicted octanol–water partition coefficient (Wildman–Crippen LogP) is 2.48. The number of halogens is 3. The van der Waals surface area contributed by atoms with Crippen LogP contribution in [-0.4, -0.2) is 40.5 Å². The summed E-state index contributed by atoms with van der Waals surface area (Å²) in [5, 5.41) is 0. The highest BCUT2D eigenvalue weighted by Gasteiger charge is 2.29. The van der Waals surface area contributed by atoms with Crippen molar-refractivity contribution in [2.75, 3.05) is 33.5 Å². The summed E-state index contributed by atoms with van der Waals surface area (Å²) in [5.41, 5.74) is -0.111. The van der Waals surface area contributed by atoms with Gasteiger partial charge in [0.15, 0.2) is 0 Å². The minimum Gasteiger partial charge on any atom is -0.496 e. The van der Waals surface area contributed by atoms with Crippen LogP contribution in [0.25, 0.3) is 0 Å². The molecule has 0 aliphatic rings. The third-order valence-electron chi connectivity index (χ3n) is 2.64. The molecule has 114 valence electrons. The smallest absolute Gasteiger partial charge is 0.496 e. The number of methoxy groups -OCH3 is 1. The van der Waals surface area contributed by atoms with E-state index < -0.39 is 12.4 Å². The molecule has 0 saturated heterocycles. The maximum absolute atomic E-state index is 12.9. The highest BCUT2D eigenvalue weighted by molar-refractivity contribution is 6.74. The highest BCUT2D eigenvalue weighted by Crippen LogP contribution is 2.19. The molecule has 0 heterocycles. The zero-order valence-electron chi connectivity index (χ0n) is 11.7. The van der Waals surface area contributed by atoms with Crippen molar-refractivity contribution in [3.8, 4) is 5.75 Å². The van der Waals surface area contributed by atoms with E-state index in [0.717, 1.165) is 6.07 Å². The fourth-order valence-corrected chi connectivity index (χ4v) is 1.64. The third-order valence-corrected chi connectivity index (χ3v) is 2.64. The summed E-state index contributed by atoms with van der Waals surface area (Å²) in [6, 6.07) is 4.09. The largest absolute Gasteiger partial charge is 0.513 e. The minimum absolute atomic E-state index is 0.111. The van der Waals surface area contributed by atoms with Crippen LogP contribution in [0, 0.1) is 6.92 Å². The Hall–Kier alpha value is -1.21. The van der Waals surface area contributed by atoms with Crippen molar-refractivity contribution in [1.82, 2.24) is 0 Å². The van der Waals surface area contributed by atoms with E-state index in [0.29, 0.717) is 31.8 Å². The van der Waals surface area contributed by atoms with E-state index in [1.54, 1.807) is 20.1 Å². The van der Waals surface area contributed by atoms with E-state index in [1.165, 1.54) is 6.07 Å². The summed E-state index contributed by atoms with van der Waals surface area (Å²) in [4.78, 5) is 0. The Morgan fingerprint density at radius 3 is 2.45 bits per heavy atom. The molecule has 1 aromatic rings. The standard InChI is InChI=1S/C13H19BF3O3/c1-11-4-5-13(12(10-11)14(15,16)17)20-7-3-6-19-9-8-18-2/h4-5,10H,3,6-9H2,1-2H3/q-1. The van der Waals surface area contributed by atoms with E-state index in [4.69, 9.17) is 14.2 Å². The van der Waals surface area contributed by atoms with Crippen LogP contribution in [0.15, 0.2) is 18.2 Å². The van der Waals surface area contributed by atoms with Crippen LogP contribution in [0.4, 0.5) is 12.9 Å². The van der Waals surface area contributed by atoms with Gasteiger partial charge in [-0.15, -0.1) is 0 Å². The van der Waals surface area contributed by atoms with E-state index in [2.05, 4.69) is 0 Å². The van der Waals surface area contributed by atoms with Crippen molar-refractivity contribution in [1.29, 1.82) is 0 Å². The monoisotopic (exact) mass is 291 g/mol. The number of ether oxygens (including phenoxy) is 3. The molecular weight excluding hydrogens is 272 g/mol. The summed E-state index contributed by atoms with van der Waals surface area (Å²) >= 11 is 0. The minimum atomic E-state index is -5.06. The number of hydrogen-bond acceptors (Lipinski definition) is 3. The molecule has 0 unspecified atom stereocenters. The van der Waals surface area contributed by atoms with Gasteiger partial charge in [-0.2, -0.15) is 0 Å². The Morgan fingerprint density at radius 2 is 1.80 bits per heavy atom. The van der Waals surface area contributed by atoms with Crippen LogP contribution < -0.4 is 10.2 Å². The topological polar surface area (TPSA) is 27.7 Å². The summed E-state index contributed by atoms with van der Waals surface area (Å²) in [6.07, 6.45) is 0.530. The van der Waals surface area contributed by atoms with Gasteiger partial charge >= 0.3 is 6.98 Å². The molecule has 7 heteroatoms. The van der Waals surface area contributed by atoms with Gasteiger partial charge in [-0.25, -0.2) is 0 Å². The van der Waals surface area contributed by atoms with Crippen molar-refractivity contribution in [2.45, 2.75) is 13.3 Å². The first-order valence-corrected chi connectivity index (χ1v) is 6.45. The van der Waals surface area contributed by atoms with E-state index in [-0.39, 0.29) is 12.4 Å². The lowest BCUT2D eigenvalue weighted by molar-refractivity contribution is 0.0645. The van der Waals surface area contributed by atoms with Crippen molar-refractivity contribution < 1.29 is 27.2 Å². The second-order valence-corrected chi connectivity index (χ2v) is 4.42. The van der Waals surface area contributed by atoms with Gasteiger partial charge in [0.25, 0.3) is 0 Å². The molecule has 0 atom stereocenters. The van der Waals surface area contributed by atoms with E-state index in [1.807, 2.05) is 0 Å². The molecule has 0 aliphatic heterocycles.